The van der Waals surface area contributed by atoms with Gasteiger partial charge >= 0.3 is 0 Å². The number of rotatable bonds is 6. The van der Waals surface area contributed by atoms with Crippen molar-refractivity contribution in [2.24, 2.45) is 0 Å². The maximum Gasteiger partial charge on any atom is 0.235 e. The lowest BCUT2D eigenvalue weighted by Crippen LogP contribution is -2.33. The quantitative estimate of drug-likeness (QED) is 0.809. The molecule has 3 nitrogen and oxygen atoms in total. The van der Waals surface area contributed by atoms with Gasteiger partial charge in [-0.3, -0.25) is 9.00 Å². The second-order valence-corrected chi connectivity index (χ2v) is 6.94. The van der Waals surface area contributed by atoms with Crippen molar-refractivity contribution >= 4 is 16.7 Å². The van der Waals surface area contributed by atoms with E-state index in [1.165, 1.54) is 6.07 Å². The van der Waals surface area contributed by atoms with E-state index in [2.05, 4.69) is 0 Å². The van der Waals surface area contributed by atoms with E-state index in [0.29, 0.717) is 6.42 Å². The van der Waals surface area contributed by atoms with Crippen LogP contribution in [0.15, 0.2) is 18.2 Å². The highest BCUT2D eigenvalue weighted by Gasteiger charge is 2.31. The summed E-state index contributed by atoms with van der Waals surface area (Å²) in [6, 6.07) is 3.51. The van der Waals surface area contributed by atoms with Crippen LogP contribution in [-0.4, -0.2) is 33.9 Å². The number of hydrogen-bond donors (Lipinski definition) is 0. The average molecular weight is 315 g/mol. The number of hydrogen-bond acceptors (Lipinski definition) is 2. The molecule has 6 heteroatoms. The van der Waals surface area contributed by atoms with Crippen LogP contribution < -0.4 is 0 Å². The Hall–Kier alpha value is -1.30. The van der Waals surface area contributed by atoms with Gasteiger partial charge in [0, 0.05) is 35.5 Å². The Labute approximate surface area is 125 Å². The van der Waals surface area contributed by atoms with Crippen molar-refractivity contribution in [2.45, 2.75) is 37.5 Å². The van der Waals surface area contributed by atoms with Gasteiger partial charge in [-0.1, -0.05) is 13.0 Å². The van der Waals surface area contributed by atoms with E-state index in [9.17, 15) is 17.8 Å². The summed E-state index contributed by atoms with van der Waals surface area (Å²) in [5.74, 6) is -1.68. The second kappa shape index (κ2) is 6.64. The molecule has 0 heterocycles. The third-order valence-corrected chi connectivity index (χ3v) is 5.50. The van der Waals surface area contributed by atoms with Gasteiger partial charge in [0.2, 0.25) is 5.91 Å². The van der Waals surface area contributed by atoms with Crippen LogP contribution >= 0.6 is 0 Å². The zero-order valence-corrected chi connectivity index (χ0v) is 13.0. The van der Waals surface area contributed by atoms with Gasteiger partial charge in [-0.15, -0.1) is 0 Å². The van der Waals surface area contributed by atoms with Crippen LogP contribution in [0.2, 0.25) is 0 Å². The third kappa shape index (κ3) is 3.87. The first-order valence-corrected chi connectivity index (χ1v) is 8.40. The summed E-state index contributed by atoms with van der Waals surface area (Å²) in [5, 5.41) is -0.595. The molecule has 0 bridgehead atoms. The SMILES string of the molecule is CC[C@@H](c1ccc(F)cc1F)[S@@](=O)CC(=O)N(C)C1CC1. The molecule has 0 unspecified atom stereocenters. The molecule has 0 N–H and O–H groups in total. The van der Waals surface area contributed by atoms with Gasteiger partial charge in [0.1, 0.15) is 17.4 Å². The lowest BCUT2D eigenvalue weighted by Gasteiger charge is -2.19. The van der Waals surface area contributed by atoms with E-state index in [1.807, 2.05) is 0 Å². The Morgan fingerprint density at radius 3 is 2.62 bits per heavy atom. The van der Waals surface area contributed by atoms with E-state index in [0.717, 1.165) is 25.0 Å². The van der Waals surface area contributed by atoms with E-state index in [1.54, 1.807) is 18.9 Å². The molecule has 1 saturated carbocycles. The molecule has 2 rings (SSSR count). The zero-order valence-electron chi connectivity index (χ0n) is 12.1. The molecule has 21 heavy (non-hydrogen) atoms. The second-order valence-electron chi connectivity index (χ2n) is 5.32. The molecule has 2 atom stereocenters. The molecule has 0 spiro atoms. The van der Waals surface area contributed by atoms with Gasteiger partial charge < -0.3 is 4.90 Å². The number of benzene rings is 1. The first kappa shape index (κ1) is 16.1. The highest BCUT2D eigenvalue weighted by molar-refractivity contribution is 7.86. The van der Waals surface area contributed by atoms with Crippen LogP contribution in [0, 0.1) is 11.6 Å². The Bertz CT molecular complexity index is 561. The van der Waals surface area contributed by atoms with Gasteiger partial charge in [-0.2, -0.15) is 0 Å². The first-order valence-electron chi connectivity index (χ1n) is 7.01. The topological polar surface area (TPSA) is 37.4 Å². The Morgan fingerprint density at radius 1 is 1.43 bits per heavy atom. The van der Waals surface area contributed by atoms with Gasteiger partial charge in [-0.25, -0.2) is 8.78 Å². The molecule has 1 aromatic carbocycles. The van der Waals surface area contributed by atoms with E-state index in [4.69, 9.17) is 0 Å². The summed E-state index contributed by atoms with van der Waals surface area (Å²) in [4.78, 5) is 13.6. The number of halogens is 2. The molecule has 1 aliphatic rings. The summed E-state index contributed by atoms with van der Waals surface area (Å²) in [6.07, 6.45) is 2.40. The zero-order chi connectivity index (χ0) is 15.6. The van der Waals surface area contributed by atoms with Gasteiger partial charge in [0.05, 0.1) is 5.25 Å². The molecule has 1 amide bonds. The fourth-order valence-electron chi connectivity index (χ4n) is 2.30. The predicted molar refractivity (Wildman–Crippen MR) is 78.2 cm³/mol. The van der Waals surface area contributed by atoms with Crippen molar-refractivity contribution in [1.82, 2.24) is 4.90 Å². The van der Waals surface area contributed by atoms with E-state index >= 15 is 0 Å². The van der Waals surface area contributed by atoms with Crippen molar-refractivity contribution < 1.29 is 17.8 Å². The minimum atomic E-state index is -1.52. The van der Waals surface area contributed by atoms with Crippen molar-refractivity contribution in [1.29, 1.82) is 0 Å². The van der Waals surface area contributed by atoms with Crippen LogP contribution in [0.1, 0.15) is 37.0 Å². The van der Waals surface area contributed by atoms with E-state index < -0.39 is 27.7 Å². The van der Waals surface area contributed by atoms with Crippen molar-refractivity contribution in [3.8, 4) is 0 Å². The Morgan fingerprint density at radius 2 is 2.10 bits per heavy atom. The largest absolute Gasteiger partial charge is 0.342 e. The first-order chi connectivity index (χ1) is 9.93. The molecule has 0 radical (unpaired) electrons. The smallest absolute Gasteiger partial charge is 0.235 e. The van der Waals surface area contributed by atoms with Gasteiger partial charge in [0.15, 0.2) is 0 Å². The molecule has 0 aliphatic heterocycles. The van der Waals surface area contributed by atoms with Crippen LogP contribution in [0.25, 0.3) is 0 Å². The maximum atomic E-state index is 13.8. The average Bonchev–Trinajstić information content (AvgIpc) is 3.25. The number of carbonyl (C=O) groups excluding carboxylic acids is 1. The van der Waals surface area contributed by atoms with Gasteiger partial charge in [-0.05, 0) is 25.3 Å². The molecule has 116 valence electrons. The Balaban J connectivity index is 2.09. The van der Waals surface area contributed by atoms with Gasteiger partial charge in [0.25, 0.3) is 0 Å². The highest BCUT2D eigenvalue weighted by Crippen LogP contribution is 2.28. The highest BCUT2D eigenvalue weighted by atomic mass is 32.2. The Kier molecular flexibility index (Phi) is 5.08. The number of nitrogens with zero attached hydrogens (tertiary/aromatic N) is 1. The van der Waals surface area contributed by atoms with Crippen LogP contribution in [0.3, 0.4) is 0 Å². The summed E-state index contributed by atoms with van der Waals surface area (Å²) in [7, 11) is 0.186. The molecule has 1 fully saturated rings. The normalized spacial score (nSPS) is 17.3. The summed E-state index contributed by atoms with van der Waals surface area (Å²) >= 11 is 0. The minimum absolute atomic E-state index is 0.123. The lowest BCUT2D eigenvalue weighted by atomic mass is 10.1. The third-order valence-electron chi connectivity index (χ3n) is 3.75. The summed E-state index contributed by atoms with van der Waals surface area (Å²) in [6.45, 7) is 1.78. The number of amides is 1. The molecular formula is C15H19F2NO2S. The lowest BCUT2D eigenvalue weighted by molar-refractivity contribution is -0.127. The molecule has 0 aromatic heterocycles. The monoisotopic (exact) mass is 315 g/mol. The number of carbonyl (C=O) groups is 1. The van der Waals surface area contributed by atoms with Crippen LogP contribution in [0.5, 0.6) is 0 Å². The standard InChI is InChI=1S/C15H19F2NO2S/c1-3-14(12-7-4-10(16)8-13(12)17)21(20)9-15(19)18(2)11-5-6-11/h4,7-8,11,14H,3,5-6,9H2,1-2H3/t14-,21-/m0/s1. The summed E-state index contributed by atoms with van der Waals surface area (Å²) < 4.78 is 39.1. The minimum Gasteiger partial charge on any atom is -0.342 e. The maximum absolute atomic E-state index is 13.8. The summed E-state index contributed by atoms with van der Waals surface area (Å²) in [5.41, 5.74) is 0.208. The fourth-order valence-corrected chi connectivity index (χ4v) is 3.79. The molecule has 1 aliphatic carbocycles. The molecule has 1 aromatic rings. The molecule has 0 saturated heterocycles. The van der Waals surface area contributed by atoms with E-state index in [-0.39, 0.29) is 23.3 Å². The predicted octanol–water partition coefficient (Wildman–Crippen LogP) is 2.79. The van der Waals surface area contributed by atoms with Crippen LogP contribution in [0.4, 0.5) is 8.78 Å². The fraction of sp³-hybridized carbons (Fsp3) is 0.533. The van der Waals surface area contributed by atoms with Crippen LogP contribution in [-0.2, 0) is 15.6 Å². The van der Waals surface area contributed by atoms with Crippen molar-refractivity contribution in [3.05, 3.63) is 35.4 Å². The van der Waals surface area contributed by atoms with Crippen molar-refractivity contribution in [3.63, 3.8) is 0 Å². The van der Waals surface area contributed by atoms with Crippen molar-refractivity contribution in [2.75, 3.05) is 12.8 Å². The molecular weight excluding hydrogens is 296 g/mol.